The average Bonchev–Trinajstić information content (AvgIpc) is 2.55. The molecule has 1 aliphatic rings. The highest BCUT2D eigenvalue weighted by Crippen LogP contribution is 2.31. The van der Waals surface area contributed by atoms with Gasteiger partial charge in [0, 0.05) is 50.0 Å². The Morgan fingerprint density at radius 2 is 1.83 bits per heavy atom. The van der Waals surface area contributed by atoms with Gasteiger partial charge in [-0.25, -0.2) is 4.98 Å². The van der Waals surface area contributed by atoms with E-state index in [0.29, 0.717) is 18.9 Å². The second-order valence-corrected chi connectivity index (χ2v) is 5.59. The molecule has 7 heteroatoms. The first-order valence-corrected chi connectivity index (χ1v) is 7.40. The standard InChI is InChI=1S/C16H17F3N4/c1-12-11-22(8-9-23(12)14-3-5-20-6-4-14)15-10-13(2-7-21-15)16(17,18)19/h2-7,10,12H,8-9,11H2,1H3. The second-order valence-electron chi connectivity index (χ2n) is 5.59. The largest absolute Gasteiger partial charge is 0.416 e. The Hall–Kier alpha value is -2.31. The summed E-state index contributed by atoms with van der Waals surface area (Å²) < 4.78 is 38.5. The Morgan fingerprint density at radius 3 is 2.48 bits per heavy atom. The Labute approximate surface area is 132 Å². The molecule has 0 aliphatic carbocycles. The zero-order chi connectivity index (χ0) is 16.4. The molecule has 0 amide bonds. The summed E-state index contributed by atoms with van der Waals surface area (Å²) in [6.07, 6.45) is 0.353. The van der Waals surface area contributed by atoms with Crippen molar-refractivity contribution in [2.75, 3.05) is 29.4 Å². The molecule has 23 heavy (non-hydrogen) atoms. The third-order valence-corrected chi connectivity index (χ3v) is 4.02. The van der Waals surface area contributed by atoms with Crippen LogP contribution in [0.3, 0.4) is 0 Å². The van der Waals surface area contributed by atoms with Crippen molar-refractivity contribution in [1.29, 1.82) is 0 Å². The zero-order valence-electron chi connectivity index (χ0n) is 12.7. The van der Waals surface area contributed by atoms with Crippen LogP contribution in [0.15, 0.2) is 42.9 Å². The first kappa shape index (κ1) is 15.6. The molecule has 3 rings (SSSR count). The summed E-state index contributed by atoms with van der Waals surface area (Å²) >= 11 is 0. The van der Waals surface area contributed by atoms with Crippen molar-refractivity contribution < 1.29 is 13.2 Å². The number of rotatable bonds is 2. The van der Waals surface area contributed by atoms with E-state index >= 15 is 0 Å². The van der Waals surface area contributed by atoms with Gasteiger partial charge >= 0.3 is 6.18 Å². The van der Waals surface area contributed by atoms with Gasteiger partial charge in [0.1, 0.15) is 5.82 Å². The van der Waals surface area contributed by atoms with Crippen molar-refractivity contribution in [3.05, 3.63) is 48.4 Å². The minimum Gasteiger partial charge on any atom is -0.365 e. The summed E-state index contributed by atoms with van der Waals surface area (Å²) in [6.45, 7) is 4.03. The molecule has 1 aliphatic heterocycles. The summed E-state index contributed by atoms with van der Waals surface area (Å²) in [4.78, 5) is 12.2. The van der Waals surface area contributed by atoms with Gasteiger partial charge in [0.05, 0.1) is 5.56 Å². The van der Waals surface area contributed by atoms with E-state index in [1.807, 2.05) is 17.0 Å². The van der Waals surface area contributed by atoms with E-state index < -0.39 is 11.7 Å². The smallest absolute Gasteiger partial charge is 0.365 e. The normalized spacial score (nSPS) is 19.0. The van der Waals surface area contributed by atoms with Crippen LogP contribution in [-0.2, 0) is 6.18 Å². The van der Waals surface area contributed by atoms with Gasteiger partial charge in [-0.2, -0.15) is 13.2 Å². The van der Waals surface area contributed by atoms with Crippen molar-refractivity contribution in [3.63, 3.8) is 0 Å². The van der Waals surface area contributed by atoms with E-state index in [1.54, 1.807) is 12.4 Å². The van der Waals surface area contributed by atoms with Gasteiger partial charge < -0.3 is 9.80 Å². The molecule has 2 aromatic heterocycles. The van der Waals surface area contributed by atoms with Crippen molar-refractivity contribution in [1.82, 2.24) is 9.97 Å². The highest BCUT2D eigenvalue weighted by molar-refractivity contribution is 5.50. The summed E-state index contributed by atoms with van der Waals surface area (Å²) in [5.41, 5.74) is 0.413. The number of alkyl halides is 3. The molecule has 1 unspecified atom stereocenters. The molecule has 1 atom stereocenters. The van der Waals surface area contributed by atoms with Gasteiger partial charge in [-0.1, -0.05) is 0 Å². The quantitative estimate of drug-likeness (QED) is 0.850. The monoisotopic (exact) mass is 322 g/mol. The molecular weight excluding hydrogens is 305 g/mol. The highest BCUT2D eigenvalue weighted by Gasteiger charge is 2.32. The number of nitrogens with zero attached hydrogens (tertiary/aromatic N) is 4. The molecule has 0 N–H and O–H groups in total. The van der Waals surface area contributed by atoms with Gasteiger partial charge in [-0.3, -0.25) is 4.98 Å². The van der Waals surface area contributed by atoms with Gasteiger partial charge in [0.25, 0.3) is 0 Å². The molecule has 1 saturated heterocycles. The average molecular weight is 322 g/mol. The van der Waals surface area contributed by atoms with Crippen LogP contribution in [0, 0.1) is 0 Å². The topological polar surface area (TPSA) is 32.3 Å². The van der Waals surface area contributed by atoms with Gasteiger partial charge in [-0.15, -0.1) is 0 Å². The third kappa shape index (κ3) is 3.38. The minimum atomic E-state index is -4.35. The molecule has 3 heterocycles. The van der Waals surface area contributed by atoms with Crippen molar-refractivity contribution >= 4 is 11.5 Å². The highest BCUT2D eigenvalue weighted by atomic mass is 19.4. The van der Waals surface area contributed by atoms with E-state index in [-0.39, 0.29) is 6.04 Å². The van der Waals surface area contributed by atoms with E-state index in [2.05, 4.69) is 21.8 Å². The predicted molar refractivity (Wildman–Crippen MR) is 82.5 cm³/mol. The second kappa shape index (κ2) is 6.06. The molecule has 4 nitrogen and oxygen atoms in total. The molecule has 0 radical (unpaired) electrons. The fourth-order valence-electron chi connectivity index (χ4n) is 2.85. The molecule has 122 valence electrons. The maximum atomic E-state index is 12.8. The number of hydrogen-bond acceptors (Lipinski definition) is 4. The molecule has 0 bridgehead atoms. The van der Waals surface area contributed by atoms with Crippen LogP contribution in [0.25, 0.3) is 0 Å². The fraction of sp³-hybridized carbons (Fsp3) is 0.375. The summed E-state index contributed by atoms with van der Waals surface area (Å²) in [5.74, 6) is 0.376. The third-order valence-electron chi connectivity index (χ3n) is 4.02. The Morgan fingerprint density at radius 1 is 1.09 bits per heavy atom. The number of aromatic nitrogens is 2. The summed E-state index contributed by atoms with van der Waals surface area (Å²) in [6, 6.07) is 6.17. The molecule has 0 saturated carbocycles. The Bertz CT molecular complexity index is 660. The molecule has 2 aromatic rings. The molecular formula is C16H17F3N4. The number of piperazine rings is 1. The minimum absolute atomic E-state index is 0.169. The van der Waals surface area contributed by atoms with Crippen LogP contribution in [-0.4, -0.2) is 35.6 Å². The van der Waals surface area contributed by atoms with Crippen LogP contribution in [0.5, 0.6) is 0 Å². The summed E-state index contributed by atoms with van der Waals surface area (Å²) in [7, 11) is 0. The Balaban J connectivity index is 1.75. The predicted octanol–water partition coefficient (Wildman–Crippen LogP) is 3.21. The number of anilines is 2. The maximum Gasteiger partial charge on any atom is 0.416 e. The maximum absolute atomic E-state index is 12.8. The summed E-state index contributed by atoms with van der Waals surface area (Å²) in [5, 5.41) is 0. The SMILES string of the molecule is CC1CN(c2cc(C(F)(F)F)ccn2)CCN1c1ccncc1. The first-order valence-electron chi connectivity index (χ1n) is 7.40. The van der Waals surface area contributed by atoms with Crippen molar-refractivity contribution in [2.45, 2.75) is 19.1 Å². The number of pyridine rings is 2. The fourth-order valence-corrected chi connectivity index (χ4v) is 2.85. The lowest BCUT2D eigenvalue weighted by atomic mass is 10.1. The van der Waals surface area contributed by atoms with Crippen molar-refractivity contribution in [3.8, 4) is 0 Å². The Kier molecular flexibility index (Phi) is 4.11. The van der Waals surface area contributed by atoms with Crippen molar-refractivity contribution in [2.24, 2.45) is 0 Å². The lowest BCUT2D eigenvalue weighted by molar-refractivity contribution is -0.137. The lowest BCUT2D eigenvalue weighted by Gasteiger charge is -2.41. The van der Waals surface area contributed by atoms with Crippen LogP contribution in [0.1, 0.15) is 12.5 Å². The van der Waals surface area contributed by atoms with Gasteiger partial charge in [0.15, 0.2) is 0 Å². The van der Waals surface area contributed by atoms with E-state index in [4.69, 9.17) is 0 Å². The van der Waals surface area contributed by atoms with Gasteiger partial charge in [0.2, 0.25) is 0 Å². The van der Waals surface area contributed by atoms with E-state index in [1.165, 1.54) is 6.20 Å². The molecule has 0 aromatic carbocycles. The number of halogens is 3. The first-order chi connectivity index (χ1) is 10.9. The van der Waals surface area contributed by atoms with Crippen LogP contribution in [0.4, 0.5) is 24.7 Å². The molecule has 1 fully saturated rings. The van der Waals surface area contributed by atoms with E-state index in [0.717, 1.165) is 24.4 Å². The van der Waals surface area contributed by atoms with Crippen LogP contribution >= 0.6 is 0 Å². The van der Waals surface area contributed by atoms with Gasteiger partial charge in [-0.05, 0) is 31.2 Å². The molecule has 0 spiro atoms. The zero-order valence-corrected chi connectivity index (χ0v) is 12.7. The number of hydrogen-bond donors (Lipinski definition) is 0. The lowest BCUT2D eigenvalue weighted by Crippen LogP contribution is -2.52. The van der Waals surface area contributed by atoms with E-state index in [9.17, 15) is 13.2 Å². The van der Waals surface area contributed by atoms with Crippen LogP contribution in [0.2, 0.25) is 0 Å². The van der Waals surface area contributed by atoms with Crippen LogP contribution < -0.4 is 9.80 Å².